The summed E-state index contributed by atoms with van der Waals surface area (Å²) < 4.78 is 0. The van der Waals surface area contributed by atoms with Gasteiger partial charge in [0.25, 0.3) is 0 Å². The Labute approximate surface area is 157 Å². The van der Waals surface area contributed by atoms with Gasteiger partial charge in [0.05, 0.1) is 0 Å². The average Bonchev–Trinajstić information content (AvgIpc) is 2.68. The van der Waals surface area contributed by atoms with E-state index in [1.165, 1.54) is 47.1 Å². The lowest BCUT2D eigenvalue weighted by Crippen LogP contribution is -1.96. The molecule has 3 aromatic carbocycles. The Morgan fingerprint density at radius 2 is 1.46 bits per heavy atom. The van der Waals surface area contributed by atoms with Crippen molar-refractivity contribution in [3.8, 4) is 23.0 Å². The topological polar surface area (TPSA) is 0 Å². The Hall–Kier alpha value is -2.78. The quantitative estimate of drug-likeness (QED) is 0.355. The van der Waals surface area contributed by atoms with Crippen molar-refractivity contribution in [2.45, 2.75) is 39.5 Å². The molecule has 3 aromatic rings. The number of aryl methyl sites for hydroxylation is 2. The van der Waals surface area contributed by atoms with Crippen LogP contribution in [0.1, 0.15) is 48.4 Å². The van der Waals surface area contributed by atoms with E-state index >= 15 is 0 Å². The van der Waals surface area contributed by atoms with Gasteiger partial charge in [-0.2, -0.15) is 0 Å². The van der Waals surface area contributed by atoms with E-state index in [9.17, 15) is 0 Å². The number of hydrogen-bond donors (Lipinski definition) is 0. The number of benzene rings is 3. The predicted molar refractivity (Wildman–Crippen MR) is 112 cm³/mol. The maximum absolute atomic E-state index is 3.50. The van der Waals surface area contributed by atoms with E-state index in [1.807, 2.05) is 18.2 Å². The first-order valence-electron chi connectivity index (χ1n) is 9.54. The van der Waals surface area contributed by atoms with E-state index in [0.29, 0.717) is 0 Å². The highest BCUT2D eigenvalue weighted by molar-refractivity contribution is 5.74. The standard InChI is InChI=1S/C26H26/c1-3-4-7-16-24-19-21(2)20-26(23-14-10-6-11-15-23)25(24)18-17-22-12-8-5-9-13-22/h5-6,8-15,19-20H,3-4,7,16H2,1-2H3. The van der Waals surface area contributed by atoms with Crippen LogP contribution >= 0.6 is 0 Å². The van der Waals surface area contributed by atoms with Crippen molar-refractivity contribution >= 4 is 0 Å². The van der Waals surface area contributed by atoms with Crippen LogP contribution in [-0.4, -0.2) is 0 Å². The molecule has 0 N–H and O–H groups in total. The Balaban J connectivity index is 2.09. The molecule has 0 saturated heterocycles. The van der Waals surface area contributed by atoms with Gasteiger partial charge in [-0.3, -0.25) is 0 Å². The molecule has 26 heavy (non-hydrogen) atoms. The molecule has 0 radical (unpaired) electrons. The molecule has 0 saturated carbocycles. The van der Waals surface area contributed by atoms with Gasteiger partial charge in [0.1, 0.15) is 0 Å². The molecule has 0 aliphatic rings. The second-order valence-electron chi connectivity index (χ2n) is 6.79. The monoisotopic (exact) mass is 338 g/mol. The van der Waals surface area contributed by atoms with Gasteiger partial charge < -0.3 is 0 Å². The normalized spacial score (nSPS) is 10.2. The fourth-order valence-corrected chi connectivity index (χ4v) is 3.27. The zero-order chi connectivity index (χ0) is 18.2. The largest absolute Gasteiger partial charge is 0.0654 e. The molecule has 130 valence electrons. The molecular weight excluding hydrogens is 312 g/mol. The van der Waals surface area contributed by atoms with E-state index in [4.69, 9.17) is 0 Å². The zero-order valence-electron chi connectivity index (χ0n) is 15.8. The summed E-state index contributed by atoms with van der Waals surface area (Å²) in [4.78, 5) is 0. The molecule has 0 bridgehead atoms. The average molecular weight is 338 g/mol. The highest BCUT2D eigenvalue weighted by atomic mass is 14.1. The summed E-state index contributed by atoms with van der Waals surface area (Å²) in [6.07, 6.45) is 4.81. The van der Waals surface area contributed by atoms with Gasteiger partial charge >= 0.3 is 0 Å². The van der Waals surface area contributed by atoms with Crippen molar-refractivity contribution in [1.29, 1.82) is 0 Å². The molecule has 0 aliphatic heterocycles. The van der Waals surface area contributed by atoms with Crippen LogP contribution in [0.4, 0.5) is 0 Å². The van der Waals surface area contributed by atoms with Crippen LogP contribution in [0.25, 0.3) is 11.1 Å². The van der Waals surface area contributed by atoms with E-state index in [2.05, 4.69) is 80.3 Å². The van der Waals surface area contributed by atoms with Crippen molar-refractivity contribution in [1.82, 2.24) is 0 Å². The third kappa shape index (κ3) is 4.64. The van der Waals surface area contributed by atoms with Crippen molar-refractivity contribution in [3.05, 3.63) is 95.1 Å². The minimum absolute atomic E-state index is 1.06. The predicted octanol–water partition coefficient (Wildman–Crippen LogP) is 6.79. The highest BCUT2D eigenvalue weighted by Crippen LogP contribution is 2.28. The molecular formula is C26H26. The first-order chi connectivity index (χ1) is 12.8. The van der Waals surface area contributed by atoms with E-state index in [1.54, 1.807) is 0 Å². The van der Waals surface area contributed by atoms with Gasteiger partial charge in [-0.25, -0.2) is 0 Å². The van der Waals surface area contributed by atoms with Crippen molar-refractivity contribution < 1.29 is 0 Å². The van der Waals surface area contributed by atoms with Crippen LogP contribution in [0.5, 0.6) is 0 Å². The van der Waals surface area contributed by atoms with Gasteiger partial charge in [0.2, 0.25) is 0 Å². The highest BCUT2D eigenvalue weighted by Gasteiger charge is 2.10. The van der Waals surface area contributed by atoms with Crippen LogP contribution in [0, 0.1) is 18.8 Å². The Kier molecular flexibility index (Phi) is 6.29. The van der Waals surface area contributed by atoms with Crippen LogP contribution in [-0.2, 0) is 6.42 Å². The maximum atomic E-state index is 3.50. The van der Waals surface area contributed by atoms with Gasteiger partial charge in [-0.15, -0.1) is 0 Å². The molecule has 0 unspecified atom stereocenters. The van der Waals surface area contributed by atoms with Crippen molar-refractivity contribution in [3.63, 3.8) is 0 Å². The Morgan fingerprint density at radius 1 is 0.769 bits per heavy atom. The van der Waals surface area contributed by atoms with E-state index in [0.717, 1.165) is 12.0 Å². The van der Waals surface area contributed by atoms with Crippen molar-refractivity contribution in [2.75, 3.05) is 0 Å². The minimum Gasteiger partial charge on any atom is -0.0654 e. The van der Waals surface area contributed by atoms with Gasteiger partial charge in [0.15, 0.2) is 0 Å². The summed E-state index contributed by atoms with van der Waals surface area (Å²) in [6.45, 7) is 4.44. The number of hydrogen-bond acceptors (Lipinski definition) is 0. The summed E-state index contributed by atoms with van der Waals surface area (Å²) in [5.41, 5.74) is 7.42. The van der Waals surface area contributed by atoms with Gasteiger partial charge in [0, 0.05) is 11.1 Å². The van der Waals surface area contributed by atoms with Crippen molar-refractivity contribution in [2.24, 2.45) is 0 Å². The summed E-state index contributed by atoms with van der Waals surface area (Å²) in [5.74, 6) is 6.87. The smallest absolute Gasteiger partial charge is 0.0359 e. The molecule has 0 nitrogen and oxygen atoms in total. The molecule has 0 spiro atoms. The first-order valence-corrected chi connectivity index (χ1v) is 9.54. The summed E-state index contributed by atoms with van der Waals surface area (Å²) in [7, 11) is 0. The van der Waals surface area contributed by atoms with Crippen LogP contribution in [0.15, 0.2) is 72.8 Å². The molecule has 0 aliphatic carbocycles. The van der Waals surface area contributed by atoms with Gasteiger partial charge in [-0.05, 0) is 48.6 Å². The summed E-state index contributed by atoms with van der Waals surface area (Å²) in [5, 5.41) is 0. The number of rotatable bonds is 5. The van der Waals surface area contributed by atoms with Crippen LogP contribution in [0.3, 0.4) is 0 Å². The molecule has 0 atom stereocenters. The molecule has 0 heteroatoms. The summed E-state index contributed by atoms with van der Waals surface area (Å²) in [6, 6.07) is 25.5. The fourth-order valence-electron chi connectivity index (χ4n) is 3.27. The Bertz CT molecular complexity index is 893. The van der Waals surface area contributed by atoms with E-state index in [-0.39, 0.29) is 0 Å². The number of unbranched alkanes of at least 4 members (excludes halogenated alkanes) is 2. The molecule has 0 aromatic heterocycles. The lowest BCUT2D eigenvalue weighted by Gasteiger charge is -2.13. The van der Waals surface area contributed by atoms with Crippen LogP contribution in [0.2, 0.25) is 0 Å². The molecule has 0 amide bonds. The Morgan fingerprint density at radius 3 is 2.15 bits per heavy atom. The maximum Gasteiger partial charge on any atom is 0.0359 e. The lowest BCUT2D eigenvalue weighted by molar-refractivity contribution is 0.716. The second kappa shape index (κ2) is 9.07. The SMILES string of the molecule is CCCCCc1cc(C)cc(-c2ccccc2)c1C#Cc1ccccc1. The first kappa shape index (κ1) is 18.0. The molecule has 0 fully saturated rings. The van der Waals surface area contributed by atoms with Gasteiger partial charge in [-0.1, -0.05) is 97.8 Å². The summed E-state index contributed by atoms with van der Waals surface area (Å²) >= 11 is 0. The molecule has 0 heterocycles. The third-order valence-corrected chi connectivity index (χ3v) is 4.60. The third-order valence-electron chi connectivity index (χ3n) is 4.60. The lowest BCUT2D eigenvalue weighted by atomic mass is 9.91. The molecule has 3 rings (SSSR count). The second-order valence-corrected chi connectivity index (χ2v) is 6.79. The van der Waals surface area contributed by atoms with E-state index < -0.39 is 0 Å². The fraction of sp³-hybridized carbons (Fsp3) is 0.231. The zero-order valence-corrected chi connectivity index (χ0v) is 15.8. The van der Waals surface area contributed by atoms with Crippen LogP contribution < -0.4 is 0 Å². The minimum atomic E-state index is 1.06.